The van der Waals surface area contributed by atoms with Crippen LogP contribution >= 0.6 is 0 Å². The van der Waals surface area contributed by atoms with Crippen LogP contribution in [0.25, 0.3) is 10.8 Å². The van der Waals surface area contributed by atoms with Crippen LogP contribution in [0.1, 0.15) is 49.4 Å². The second-order valence-electron chi connectivity index (χ2n) is 5.87. The van der Waals surface area contributed by atoms with Gasteiger partial charge in [0.15, 0.2) is 5.78 Å². The van der Waals surface area contributed by atoms with Gasteiger partial charge in [-0.1, -0.05) is 44.4 Å². The number of anilines is 1. The fraction of sp³-hybridized carbons (Fsp3) is 0.421. The van der Waals surface area contributed by atoms with Gasteiger partial charge in [0.2, 0.25) is 0 Å². The number of Topliss-reactive ketones (excluding diaryl/α,β-unsaturated/α-hetero) is 1. The molecular formula is C19H25NO. The topological polar surface area (TPSA) is 20.3 Å². The van der Waals surface area contributed by atoms with Crippen LogP contribution in [0.3, 0.4) is 0 Å². The van der Waals surface area contributed by atoms with Crippen molar-refractivity contribution in [2.24, 2.45) is 0 Å². The van der Waals surface area contributed by atoms with Gasteiger partial charge in [0.05, 0.1) is 0 Å². The van der Waals surface area contributed by atoms with Crippen LogP contribution in [0.5, 0.6) is 0 Å². The van der Waals surface area contributed by atoms with Gasteiger partial charge in [-0.15, -0.1) is 0 Å². The fourth-order valence-corrected chi connectivity index (χ4v) is 2.54. The molecule has 0 saturated carbocycles. The molecule has 2 heteroatoms. The summed E-state index contributed by atoms with van der Waals surface area (Å²) in [4.78, 5) is 14.3. The first-order chi connectivity index (χ1) is 10.1. The minimum absolute atomic E-state index is 0.268. The maximum atomic E-state index is 12.2. The molecule has 0 aliphatic heterocycles. The van der Waals surface area contributed by atoms with E-state index < -0.39 is 0 Å². The minimum Gasteiger partial charge on any atom is -0.378 e. The van der Waals surface area contributed by atoms with E-state index in [1.165, 1.54) is 23.9 Å². The van der Waals surface area contributed by atoms with Crippen LogP contribution in [0.2, 0.25) is 0 Å². The van der Waals surface area contributed by atoms with Crippen LogP contribution in [0, 0.1) is 0 Å². The van der Waals surface area contributed by atoms with Crippen molar-refractivity contribution in [3.8, 4) is 0 Å². The van der Waals surface area contributed by atoms with Crippen LogP contribution in [-0.4, -0.2) is 19.9 Å². The number of carbonyl (C=O) groups is 1. The van der Waals surface area contributed by atoms with Gasteiger partial charge in [-0.25, -0.2) is 0 Å². The Labute approximate surface area is 127 Å². The summed E-state index contributed by atoms with van der Waals surface area (Å²) in [7, 11) is 4.07. The molecular weight excluding hydrogens is 258 g/mol. The molecule has 0 aliphatic carbocycles. The SMILES string of the molecule is CCCCCCC(=O)c1ccc2cc(N(C)C)ccc2c1. The lowest BCUT2D eigenvalue weighted by atomic mass is 10.0. The third-order valence-electron chi connectivity index (χ3n) is 3.92. The molecule has 0 saturated heterocycles. The molecule has 0 aromatic heterocycles. The van der Waals surface area contributed by atoms with E-state index in [0.717, 1.165) is 23.8 Å². The second-order valence-corrected chi connectivity index (χ2v) is 5.87. The lowest BCUT2D eigenvalue weighted by Crippen LogP contribution is -2.08. The summed E-state index contributed by atoms with van der Waals surface area (Å²) < 4.78 is 0. The average molecular weight is 283 g/mol. The van der Waals surface area contributed by atoms with Gasteiger partial charge in [0.25, 0.3) is 0 Å². The molecule has 0 radical (unpaired) electrons. The van der Waals surface area contributed by atoms with Gasteiger partial charge in [-0.2, -0.15) is 0 Å². The van der Waals surface area contributed by atoms with E-state index in [0.29, 0.717) is 6.42 Å². The third-order valence-corrected chi connectivity index (χ3v) is 3.92. The molecule has 21 heavy (non-hydrogen) atoms. The quantitative estimate of drug-likeness (QED) is 0.523. The maximum absolute atomic E-state index is 12.2. The van der Waals surface area contributed by atoms with Gasteiger partial charge in [-0.3, -0.25) is 4.79 Å². The third kappa shape index (κ3) is 4.07. The molecule has 2 nitrogen and oxygen atoms in total. The Balaban J connectivity index is 2.11. The van der Waals surface area contributed by atoms with E-state index in [1.807, 2.05) is 26.2 Å². The van der Waals surface area contributed by atoms with Crippen molar-refractivity contribution in [1.82, 2.24) is 0 Å². The second kappa shape index (κ2) is 7.26. The molecule has 2 aromatic rings. The molecule has 0 fully saturated rings. The van der Waals surface area contributed by atoms with E-state index in [-0.39, 0.29) is 5.78 Å². The van der Waals surface area contributed by atoms with Crippen LogP contribution in [-0.2, 0) is 0 Å². The summed E-state index contributed by atoms with van der Waals surface area (Å²) in [6, 6.07) is 12.4. The molecule has 0 N–H and O–H groups in total. The highest BCUT2D eigenvalue weighted by atomic mass is 16.1. The number of nitrogens with zero attached hydrogens (tertiary/aromatic N) is 1. The van der Waals surface area contributed by atoms with Crippen LogP contribution in [0.4, 0.5) is 5.69 Å². The van der Waals surface area contributed by atoms with Gasteiger partial charge in [-0.05, 0) is 35.4 Å². The minimum atomic E-state index is 0.268. The zero-order valence-corrected chi connectivity index (χ0v) is 13.4. The highest BCUT2D eigenvalue weighted by Crippen LogP contribution is 2.23. The number of hydrogen-bond donors (Lipinski definition) is 0. The molecule has 2 aromatic carbocycles. The first kappa shape index (κ1) is 15.6. The Hall–Kier alpha value is -1.83. The number of rotatable bonds is 7. The van der Waals surface area contributed by atoms with Crippen molar-refractivity contribution in [3.63, 3.8) is 0 Å². The zero-order chi connectivity index (χ0) is 15.2. The van der Waals surface area contributed by atoms with Gasteiger partial charge in [0.1, 0.15) is 0 Å². The van der Waals surface area contributed by atoms with Crippen molar-refractivity contribution in [3.05, 3.63) is 42.0 Å². The zero-order valence-electron chi connectivity index (χ0n) is 13.4. The number of hydrogen-bond acceptors (Lipinski definition) is 2. The number of unbranched alkanes of at least 4 members (excludes halogenated alkanes) is 3. The van der Waals surface area contributed by atoms with E-state index in [2.05, 4.69) is 36.1 Å². The highest BCUT2D eigenvalue weighted by molar-refractivity contribution is 6.00. The lowest BCUT2D eigenvalue weighted by Gasteiger charge is -2.13. The van der Waals surface area contributed by atoms with E-state index >= 15 is 0 Å². The smallest absolute Gasteiger partial charge is 0.162 e. The highest BCUT2D eigenvalue weighted by Gasteiger charge is 2.07. The van der Waals surface area contributed by atoms with Gasteiger partial charge < -0.3 is 4.90 Å². The summed E-state index contributed by atoms with van der Waals surface area (Å²) >= 11 is 0. The van der Waals surface area contributed by atoms with Crippen molar-refractivity contribution in [1.29, 1.82) is 0 Å². The number of benzene rings is 2. The van der Waals surface area contributed by atoms with Crippen LogP contribution in [0.15, 0.2) is 36.4 Å². The van der Waals surface area contributed by atoms with E-state index in [4.69, 9.17) is 0 Å². The molecule has 0 spiro atoms. The molecule has 0 heterocycles. The molecule has 112 valence electrons. The van der Waals surface area contributed by atoms with Crippen molar-refractivity contribution in [2.45, 2.75) is 39.0 Å². The van der Waals surface area contributed by atoms with Gasteiger partial charge in [0, 0.05) is 31.8 Å². The lowest BCUT2D eigenvalue weighted by molar-refractivity contribution is 0.0979. The molecule has 0 bridgehead atoms. The number of carbonyl (C=O) groups excluding carboxylic acids is 1. The van der Waals surface area contributed by atoms with E-state index in [9.17, 15) is 4.79 Å². The fourth-order valence-electron chi connectivity index (χ4n) is 2.54. The predicted octanol–water partition coefficient (Wildman–Crippen LogP) is 5.06. The first-order valence-corrected chi connectivity index (χ1v) is 7.86. The van der Waals surface area contributed by atoms with Crippen LogP contribution < -0.4 is 4.90 Å². The predicted molar refractivity (Wildman–Crippen MR) is 91.4 cm³/mol. The molecule has 0 unspecified atom stereocenters. The Bertz CT molecular complexity index is 616. The Morgan fingerprint density at radius 1 is 0.952 bits per heavy atom. The standard InChI is InChI=1S/C19H25NO/c1-4-5-6-7-8-19(21)17-10-9-16-14-18(20(2)3)12-11-15(16)13-17/h9-14H,4-8H2,1-3H3. The monoisotopic (exact) mass is 283 g/mol. The average Bonchev–Trinajstić information content (AvgIpc) is 2.50. The molecule has 0 amide bonds. The van der Waals surface area contributed by atoms with Crippen molar-refractivity contribution in [2.75, 3.05) is 19.0 Å². The first-order valence-electron chi connectivity index (χ1n) is 7.86. The summed E-state index contributed by atoms with van der Waals surface area (Å²) in [5.74, 6) is 0.268. The van der Waals surface area contributed by atoms with E-state index in [1.54, 1.807) is 0 Å². The summed E-state index contributed by atoms with van der Waals surface area (Å²) in [6.07, 6.45) is 5.25. The molecule has 0 aliphatic rings. The number of ketones is 1. The summed E-state index contributed by atoms with van der Waals surface area (Å²) in [6.45, 7) is 2.19. The normalized spacial score (nSPS) is 10.8. The largest absolute Gasteiger partial charge is 0.378 e. The Morgan fingerprint density at radius 3 is 2.38 bits per heavy atom. The summed E-state index contributed by atoms with van der Waals surface area (Å²) in [5.41, 5.74) is 2.03. The Morgan fingerprint density at radius 2 is 1.67 bits per heavy atom. The van der Waals surface area contributed by atoms with Crippen molar-refractivity contribution >= 4 is 22.2 Å². The molecule has 2 rings (SSSR count). The Kier molecular flexibility index (Phi) is 5.38. The van der Waals surface area contributed by atoms with Crippen molar-refractivity contribution < 1.29 is 4.79 Å². The number of fused-ring (bicyclic) bond motifs is 1. The molecule has 0 atom stereocenters. The van der Waals surface area contributed by atoms with Gasteiger partial charge >= 0.3 is 0 Å². The maximum Gasteiger partial charge on any atom is 0.162 e. The summed E-state index contributed by atoms with van der Waals surface area (Å²) in [5, 5.41) is 2.32.